The zero-order valence-electron chi connectivity index (χ0n) is 18.5. The fourth-order valence-corrected chi connectivity index (χ4v) is 3.88. The molecule has 0 heterocycles. The zero-order chi connectivity index (χ0) is 20.6. The van der Waals surface area contributed by atoms with Crippen LogP contribution in [0.15, 0.2) is 78.9 Å². The van der Waals surface area contributed by atoms with Gasteiger partial charge in [-0.2, -0.15) is 0 Å². The molecular formula is C28H34. The molecule has 0 saturated heterocycles. The van der Waals surface area contributed by atoms with Gasteiger partial charge in [-0.1, -0.05) is 120 Å². The topological polar surface area (TPSA) is 0 Å². The van der Waals surface area contributed by atoms with Crippen LogP contribution in [0.25, 0.3) is 0 Å². The summed E-state index contributed by atoms with van der Waals surface area (Å²) in [6, 6.07) is 29.3. The van der Waals surface area contributed by atoms with E-state index >= 15 is 0 Å². The van der Waals surface area contributed by atoms with Gasteiger partial charge < -0.3 is 0 Å². The van der Waals surface area contributed by atoms with E-state index in [4.69, 9.17) is 0 Å². The van der Waals surface area contributed by atoms with E-state index in [1.54, 1.807) is 0 Å². The van der Waals surface area contributed by atoms with Gasteiger partial charge in [-0.15, -0.1) is 0 Å². The van der Waals surface area contributed by atoms with Gasteiger partial charge in [-0.05, 0) is 45.6 Å². The summed E-state index contributed by atoms with van der Waals surface area (Å²) in [5.41, 5.74) is 6.86. The van der Waals surface area contributed by atoms with E-state index in [1.807, 2.05) is 0 Å². The van der Waals surface area contributed by atoms with Gasteiger partial charge in [0.1, 0.15) is 0 Å². The minimum atomic E-state index is -0.186. The van der Waals surface area contributed by atoms with Crippen molar-refractivity contribution in [2.45, 2.75) is 64.7 Å². The Morgan fingerprint density at radius 3 is 0.964 bits per heavy atom. The quantitative estimate of drug-likeness (QED) is 0.416. The van der Waals surface area contributed by atoms with Gasteiger partial charge >= 0.3 is 0 Å². The monoisotopic (exact) mass is 370 g/mol. The maximum atomic E-state index is 2.35. The molecule has 0 aliphatic rings. The summed E-state index contributed by atoms with van der Waals surface area (Å²) in [6.45, 7) is 16.0. The first-order valence-electron chi connectivity index (χ1n) is 10.3. The second-order valence-corrected chi connectivity index (χ2v) is 10.1. The second-order valence-electron chi connectivity index (χ2n) is 10.1. The molecule has 146 valence electrons. The summed E-state index contributed by atoms with van der Waals surface area (Å²) < 4.78 is 0. The lowest BCUT2D eigenvalue weighted by Gasteiger charge is -2.33. The van der Waals surface area contributed by atoms with Crippen LogP contribution in [0.1, 0.15) is 76.3 Å². The summed E-state index contributed by atoms with van der Waals surface area (Å²) >= 11 is 0. The minimum Gasteiger partial charge on any atom is -0.0622 e. The molecule has 3 rings (SSSR count). The maximum absolute atomic E-state index is 2.35. The average molecular weight is 371 g/mol. The van der Waals surface area contributed by atoms with E-state index in [0.29, 0.717) is 0 Å². The molecule has 0 heteroatoms. The Balaban J connectivity index is 2.14. The molecule has 3 aromatic carbocycles. The second kappa shape index (κ2) is 7.24. The molecule has 3 aromatic rings. The maximum Gasteiger partial charge on any atom is 0.0423 e. The van der Waals surface area contributed by atoms with Crippen molar-refractivity contribution < 1.29 is 0 Å². The van der Waals surface area contributed by atoms with Crippen molar-refractivity contribution in [1.82, 2.24) is 0 Å². The van der Waals surface area contributed by atoms with Crippen LogP contribution < -0.4 is 0 Å². The van der Waals surface area contributed by atoms with Crippen molar-refractivity contribution in [3.05, 3.63) is 107 Å². The predicted octanol–water partition coefficient (Wildman–Crippen LogP) is 7.64. The molecule has 0 bridgehead atoms. The third kappa shape index (κ3) is 3.92. The Labute approximate surface area is 171 Å². The van der Waals surface area contributed by atoms with Crippen molar-refractivity contribution >= 4 is 0 Å². The Hall–Kier alpha value is -2.34. The Morgan fingerprint density at radius 2 is 0.643 bits per heavy atom. The molecule has 0 fully saturated rings. The number of benzene rings is 3. The normalized spacial score (nSPS) is 12.8. The largest absolute Gasteiger partial charge is 0.0622 e. The van der Waals surface area contributed by atoms with Gasteiger partial charge in [-0.25, -0.2) is 0 Å². The van der Waals surface area contributed by atoms with Crippen LogP contribution in [0.4, 0.5) is 0 Å². The summed E-state index contributed by atoms with van der Waals surface area (Å²) in [6.07, 6.45) is 0. The first kappa shape index (κ1) is 20.4. The fraction of sp³-hybridized carbons (Fsp3) is 0.357. The number of hydrogen-bond donors (Lipinski definition) is 0. The smallest absolute Gasteiger partial charge is 0.0423 e. The molecule has 0 saturated carbocycles. The van der Waals surface area contributed by atoms with Gasteiger partial charge in [0.15, 0.2) is 0 Å². The van der Waals surface area contributed by atoms with Crippen molar-refractivity contribution in [3.63, 3.8) is 0 Å². The van der Waals surface area contributed by atoms with Crippen LogP contribution in [0.3, 0.4) is 0 Å². The molecule has 0 atom stereocenters. The van der Waals surface area contributed by atoms with Crippen LogP contribution >= 0.6 is 0 Å². The zero-order valence-corrected chi connectivity index (χ0v) is 18.5. The molecule has 0 aromatic heterocycles. The minimum absolute atomic E-state index is 0.163. The van der Waals surface area contributed by atoms with Crippen molar-refractivity contribution in [3.8, 4) is 0 Å². The van der Waals surface area contributed by atoms with Crippen LogP contribution in [-0.2, 0) is 16.2 Å². The summed E-state index contributed by atoms with van der Waals surface area (Å²) in [5.74, 6) is 0. The Morgan fingerprint density at radius 1 is 0.357 bits per heavy atom. The highest BCUT2D eigenvalue weighted by molar-refractivity contribution is 5.51. The third-order valence-corrected chi connectivity index (χ3v) is 6.01. The third-order valence-electron chi connectivity index (χ3n) is 6.01. The van der Waals surface area contributed by atoms with E-state index < -0.39 is 0 Å². The highest BCUT2D eigenvalue weighted by atomic mass is 14.3. The lowest BCUT2D eigenvalue weighted by atomic mass is 9.70. The molecule has 0 aliphatic heterocycles. The predicted molar refractivity (Wildman–Crippen MR) is 122 cm³/mol. The molecule has 28 heavy (non-hydrogen) atoms. The first-order chi connectivity index (χ1) is 13.0. The molecule has 0 amide bonds. The van der Waals surface area contributed by atoms with Crippen LogP contribution in [0.5, 0.6) is 0 Å². The molecule has 0 unspecified atom stereocenters. The molecule has 0 N–H and O–H groups in total. The number of hydrogen-bond acceptors (Lipinski definition) is 0. The Kier molecular flexibility index (Phi) is 5.28. The first-order valence-corrected chi connectivity index (χ1v) is 10.3. The molecule has 0 radical (unpaired) electrons. The van der Waals surface area contributed by atoms with E-state index in [2.05, 4.69) is 127 Å². The summed E-state index contributed by atoms with van der Waals surface area (Å²) in [5, 5.41) is 0. The van der Waals surface area contributed by atoms with Crippen LogP contribution in [-0.4, -0.2) is 0 Å². The molecular weight excluding hydrogens is 336 g/mol. The van der Waals surface area contributed by atoms with Gasteiger partial charge in [0.05, 0.1) is 0 Å². The Bertz CT molecular complexity index is 842. The van der Waals surface area contributed by atoms with Gasteiger partial charge in [0.25, 0.3) is 0 Å². The van der Waals surface area contributed by atoms with Crippen molar-refractivity contribution in [2.75, 3.05) is 0 Å². The van der Waals surface area contributed by atoms with E-state index in [9.17, 15) is 0 Å². The standard InChI is InChI=1S/C28H34/c1-26(2,3)21-13-17-24(18-14-21)28(7,23-11-9-8-10-12-23)25-19-15-22(16-20-25)27(4,5)6/h8-20H,1-7H3. The average Bonchev–Trinajstić information content (AvgIpc) is 2.67. The van der Waals surface area contributed by atoms with E-state index in [-0.39, 0.29) is 16.2 Å². The fourth-order valence-electron chi connectivity index (χ4n) is 3.88. The SMILES string of the molecule is CC(C)(C)c1ccc(C(C)(c2ccccc2)c2ccc(C(C)(C)C)cc2)cc1. The van der Waals surface area contributed by atoms with Gasteiger partial charge in [0.2, 0.25) is 0 Å². The highest BCUT2D eigenvalue weighted by Crippen LogP contribution is 2.40. The van der Waals surface area contributed by atoms with Crippen molar-refractivity contribution in [2.24, 2.45) is 0 Å². The summed E-state index contributed by atoms with van der Waals surface area (Å²) in [4.78, 5) is 0. The molecule has 0 spiro atoms. The van der Waals surface area contributed by atoms with Crippen LogP contribution in [0.2, 0.25) is 0 Å². The summed E-state index contributed by atoms with van der Waals surface area (Å²) in [7, 11) is 0. The van der Waals surface area contributed by atoms with Gasteiger partial charge in [-0.3, -0.25) is 0 Å². The van der Waals surface area contributed by atoms with E-state index in [1.165, 1.54) is 27.8 Å². The number of rotatable bonds is 3. The van der Waals surface area contributed by atoms with Crippen LogP contribution in [0, 0.1) is 0 Å². The molecule has 0 aliphatic carbocycles. The lowest BCUT2D eigenvalue weighted by Crippen LogP contribution is -2.26. The van der Waals surface area contributed by atoms with E-state index in [0.717, 1.165) is 0 Å². The van der Waals surface area contributed by atoms with Crippen molar-refractivity contribution in [1.29, 1.82) is 0 Å². The lowest BCUT2D eigenvalue weighted by molar-refractivity contribution is 0.587. The molecule has 0 nitrogen and oxygen atoms in total. The highest BCUT2D eigenvalue weighted by Gasteiger charge is 2.31. The van der Waals surface area contributed by atoms with Gasteiger partial charge in [0, 0.05) is 5.41 Å².